The minimum Gasteiger partial charge on any atom is -0.0876 e. The molecule has 9 heavy (non-hydrogen) atoms. The lowest BCUT2D eigenvalue weighted by molar-refractivity contribution is 0.309. The van der Waals surface area contributed by atoms with Crippen LogP contribution in [0.15, 0.2) is 12.2 Å². The second kappa shape index (κ2) is 2.55. The molecule has 0 amide bonds. The van der Waals surface area contributed by atoms with E-state index >= 15 is 0 Å². The van der Waals surface area contributed by atoms with Crippen molar-refractivity contribution in [2.75, 3.05) is 0 Å². The fourth-order valence-corrected chi connectivity index (χ4v) is 1.18. The van der Waals surface area contributed by atoms with Crippen molar-refractivity contribution in [1.82, 2.24) is 0 Å². The van der Waals surface area contributed by atoms with Crippen LogP contribution in [0.2, 0.25) is 0 Å². The van der Waals surface area contributed by atoms with Gasteiger partial charge in [-0.05, 0) is 24.2 Å². The van der Waals surface area contributed by atoms with Crippen LogP contribution in [0, 0.1) is 17.8 Å². The molecule has 1 aliphatic rings. The van der Waals surface area contributed by atoms with Crippen molar-refractivity contribution >= 4 is 0 Å². The van der Waals surface area contributed by atoms with Crippen LogP contribution in [0.1, 0.15) is 27.2 Å². The van der Waals surface area contributed by atoms with Gasteiger partial charge in [0.1, 0.15) is 0 Å². The Kier molecular flexibility index (Phi) is 1.94. The zero-order valence-electron chi connectivity index (χ0n) is 6.59. The van der Waals surface area contributed by atoms with Crippen molar-refractivity contribution in [2.24, 2.45) is 17.8 Å². The molecule has 0 spiro atoms. The minimum atomic E-state index is 0.847. The van der Waals surface area contributed by atoms with Crippen LogP contribution < -0.4 is 0 Å². The third-order valence-electron chi connectivity index (χ3n) is 2.52. The monoisotopic (exact) mass is 124 g/mol. The Morgan fingerprint density at radius 3 is 2.00 bits per heavy atom. The van der Waals surface area contributed by atoms with E-state index in [-0.39, 0.29) is 0 Å². The summed E-state index contributed by atoms with van der Waals surface area (Å²) < 4.78 is 0. The third-order valence-corrected chi connectivity index (χ3v) is 2.52. The molecule has 0 saturated heterocycles. The normalized spacial score (nSPS) is 28.2. The van der Waals surface area contributed by atoms with E-state index < -0.39 is 0 Å². The summed E-state index contributed by atoms with van der Waals surface area (Å²) in [5.74, 6) is 2.62. The largest absolute Gasteiger partial charge is 0.0876 e. The van der Waals surface area contributed by atoms with Crippen LogP contribution in [0.25, 0.3) is 0 Å². The van der Waals surface area contributed by atoms with Crippen LogP contribution in [-0.4, -0.2) is 0 Å². The third kappa shape index (κ3) is 1.35. The van der Waals surface area contributed by atoms with Gasteiger partial charge in [0.15, 0.2) is 0 Å². The second-order valence-electron chi connectivity index (χ2n) is 3.43. The molecule has 0 radical (unpaired) electrons. The maximum Gasteiger partial charge on any atom is -0.0171 e. The molecule has 0 N–H and O–H groups in total. The molecule has 0 heteroatoms. The quantitative estimate of drug-likeness (QED) is 0.496. The molecule has 52 valence electrons. The van der Waals surface area contributed by atoms with Crippen LogP contribution in [0.4, 0.5) is 0 Å². The van der Waals surface area contributed by atoms with Crippen LogP contribution in [0.3, 0.4) is 0 Å². The van der Waals surface area contributed by atoms with Crippen molar-refractivity contribution in [2.45, 2.75) is 27.2 Å². The van der Waals surface area contributed by atoms with Gasteiger partial charge in [0.25, 0.3) is 0 Å². The van der Waals surface area contributed by atoms with E-state index in [1.54, 1.807) is 0 Å². The average Bonchev–Trinajstić information content (AvgIpc) is 1.60. The zero-order chi connectivity index (χ0) is 6.85. The first-order valence-electron chi connectivity index (χ1n) is 3.88. The summed E-state index contributed by atoms with van der Waals surface area (Å²) in [6.07, 6.45) is 5.92. The molecule has 0 bridgehead atoms. The van der Waals surface area contributed by atoms with Gasteiger partial charge >= 0.3 is 0 Å². The number of hydrogen-bond donors (Lipinski definition) is 0. The summed E-state index contributed by atoms with van der Waals surface area (Å²) >= 11 is 0. The molecule has 0 aliphatic heterocycles. The number of rotatable bonds is 2. The highest BCUT2D eigenvalue weighted by Crippen LogP contribution is 2.30. The predicted molar refractivity (Wildman–Crippen MR) is 41.2 cm³/mol. The molecule has 0 aromatic carbocycles. The zero-order valence-corrected chi connectivity index (χ0v) is 6.59. The minimum absolute atomic E-state index is 0.847. The smallest absolute Gasteiger partial charge is 0.0171 e. The lowest BCUT2D eigenvalue weighted by atomic mass is 9.78. The van der Waals surface area contributed by atoms with E-state index in [2.05, 4.69) is 32.9 Å². The van der Waals surface area contributed by atoms with Gasteiger partial charge in [-0.3, -0.25) is 0 Å². The first-order chi connectivity index (χ1) is 4.22. The van der Waals surface area contributed by atoms with Crippen LogP contribution in [-0.2, 0) is 0 Å². The maximum absolute atomic E-state index is 2.35. The van der Waals surface area contributed by atoms with E-state index in [0.29, 0.717) is 0 Å². The Morgan fingerprint density at radius 1 is 1.33 bits per heavy atom. The molecule has 0 heterocycles. The molecule has 0 fully saturated rings. The molecule has 0 aromatic heterocycles. The molecule has 2 atom stereocenters. The highest BCUT2D eigenvalue weighted by atomic mass is 14.2. The van der Waals surface area contributed by atoms with E-state index in [1.807, 2.05) is 0 Å². The average molecular weight is 124 g/mol. The van der Waals surface area contributed by atoms with E-state index in [1.165, 1.54) is 6.42 Å². The van der Waals surface area contributed by atoms with Gasteiger partial charge in [0.05, 0.1) is 0 Å². The van der Waals surface area contributed by atoms with Gasteiger partial charge in [0, 0.05) is 0 Å². The number of allylic oxidation sites excluding steroid dienone is 2. The molecule has 0 nitrogen and oxygen atoms in total. The summed E-state index contributed by atoms with van der Waals surface area (Å²) in [6.45, 7) is 6.95. The highest BCUT2D eigenvalue weighted by molar-refractivity contribution is 5.03. The fourth-order valence-electron chi connectivity index (χ4n) is 1.18. The van der Waals surface area contributed by atoms with Crippen molar-refractivity contribution in [1.29, 1.82) is 0 Å². The Bertz CT molecular complexity index is 111. The SMILES string of the molecule is CC(C)C(C)C1C=CC1. The molecule has 0 saturated carbocycles. The molecule has 1 rings (SSSR count). The Hall–Kier alpha value is -0.260. The van der Waals surface area contributed by atoms with Gasteiger partial charge in [-0.25, -0.2) is 0 Å². The Balaban J connectivity index is 2.33. The van der Waals surface area contributed by atoms with Crippen LogP contribution in [0.5, 0.6) is 0 Å². The van der Waals surface area contributed by atoms with Crippen molar-refractivity contribution < 1.29 is 0 Å². The van der Waals surface area contributed by atoms with Gasteiger partial charge < -0.3 is 0 Å². The van der Waals surface area contributed by atoms with E-state index in [4.69, 9.17) is 0 Å². The predicted octanol–water partition coefficient (Wildman–Crippen LogP) is 2.85. The molecular formula is C9H16. The van der Waals surface area contributed by atoms with Gasteiger partial charge in [0.2, 0.25) is 0 Å². The lowest BCUT2D eigenvalue weighted by Crippen LogP contribution is -2.18. The fraction of sp³-hybridized carbons (Fsp3) is 0.778. The van der Waals surface area contributed by atoms with Crippen molar-refractivity contribution in [3.63, 3.8) is 0 Å². The summed E-state index contributed by atoms with van der Waals surface area (Å²) in [4.78, 5) is 0. The van der Waals surface area contributed by atoms with Crippen LogP contribution >= 0.6 is 0 Å². The molecule has 0 aromatic rings. The first kappa shape index (κ1) is 6.85. The number of hydrogen-bond acceptors (Lipinski definition) is 0. The maximum atomic E-state index is 2.35. The van der Waals surface area contributed by atoms with Gasteiger partial charge in [-0.2, -0.15) is 0 Å². The van der Waals surface area contributed by atoms with Gasteiger partial charge in [-0.1, -0.05) is 32.9 Å². The second-order valence-corrected chi connectivity index (χ2v) is 3.43. The Labute approximate surface area is 58.0 Å². The van der Waals surface area contributed by atoms with E-state index in [9.17, 15) is 0 Å². The van der Waals surface area contributed by atoms with Gasteiger partial charge in [-0.15, -0.1) is 0 Å². The Morgan fingerprint density at radius 2 is 1.89 bits per heavy atom. The summed E-state index contributed by atoms with van der Waals surface area (Å²) in [7, 11) is 0. The topological polar surface area (TPSA) is 0 Å². The summed E-state index contributed by atoms with van der Waals surface area (Å²) in [5.41, 5.74) is 0. The molecule has 2 unspecified atom stereocenters. The molecule has 1 aliphatic carbocycles. The summed E-state index contributed by atoms with van der Waals surface area (Å²) in [5, 5.41) is 0. The highest BCUT2D eigenvalue weighted by Gasteiger charge is 2.20. The van der Waals surface area contributed by atoms with Crippen molar-refractivity contribution in [3.8, 4) is 0 Å². The summed E-state index contributed by atoms with van der Waals surface area (Å²) in [6, 6.07) is 0. The molecular weight excluding hydrogens is 108 g/mol. The first-order valence-corrected chi connectivity index (χ1v) is 3.88. The lowest BCUT2D eigenvalue weighted by Gasteiger charge is -2.27. The van der Waals surface area contributed by atoms with E-state index in [0.717, 1.165) is 17.8 Å². The van der Waals surface area contributed by atoms with Crippen molar-refractivity contribution in [3.05, 3.63) is 12.2 Å². The standard InChI is InChI=1S/C9H16/c1-7(2)8(3)9-5-4-6-9/h4-5,7-9H,6H2,1-3H3.